The summed E-state index contributed by atoms with van der Waals surface area (Å²) in [6.07, 6.45) is 4.92. The van der Waals surface area contributed by atoms with Crippen molar-refractivity contribution in [1.82, 2.24) is 15.0 Å². The molecule has 1 fully saturated rings. The van der Waals surface area contributed by atoms with Gasteiger partial charge in [0.05, 0.1) is 12.1 Å². The van der Waals surface area contributed by atoms with E-state index in [-0.39, 0.29) is 5.56 Å². The molecule has 0 radical (unpaired) electrons. The molecule has 2 heterocycles. The molecule has 0 unspecified atom stereocenters. The van der Waals surface area contributed by atoms with Gasteiger partial charge in [0.2, 0.25) is 0 Å². The number of aromatic carboxylic acids is 1. The third kappa shape index (κ3) is 2.58. The summed E-state index contributed by atoms with van der Waals surface area (Å²) in [5, 5.41) is 9.22. The Hall–Kier alpha value is -2.96. The number of halogens is 1. The van der Waals surface area contributed by atoms with Crippen molar-refractivity contribution in [3.05, 3.63) is 42.1 Å². The number of H-pyrrole nitrogens is 1. The Balaban J connectivity index is 1.83. The van der Waals surface area contributed by atoms with Crippen molar-refractivity contribution in [3.8, 4) is 17.0 Å². The zero-order chi connectivity index (χ0) is 16.7. The molecule has 3 aromatic rings. The Labute approximate surface area is 136 Å². The number of aromatic amines is 1. The topological polar surface area (TPSA) is 88.1 Å². The van der Waals surface area contributed by atoms with E-state index < -0.39 is 11.8 Å². The van der Waals surface area contributed by atoms with Crippen LogP contribution in [0.25, 0.3) is 22.3 Å². The number of hydrogen-bond donors (Lipinski definition) is 2. The zero-order valence-electron chi connectivity index (χ0n) is 12.6. The first-order valence-electron chi connectivity index (χ1n) is 7.61. The van der Waals surface area contributed by atoms with E-state index >= 15 is 0 Å². The summed E-state index contributed by atoms with van der Waals surface area (Å²) in [7, 11) is 0. The highest BCUT2D eigenvalue weighted by Gasteiger charge is 2.23. The number of aromatic nitrogens is 3. The van der Waals surface area contributed by atoms with Gasteiger partial charge in [0, 0.05) is 17.8 Å². The van der Waals surface area contributed by atoms with Crippen LogP contribution < -0.4 is 4.74 Å². The Bertz CT molecular complexity index is 934. The van der Waals surface area contributed by atoms with Gasteiger partial charge in [-0.15, -0.1) is 0 Å². The Kier molecular flexibility index (Phi) is 3.41. The predicted octanol–water partition coefficient (Wildman–Crippen LogP) is 3.25. The molecule has 1 aliphatic rings. The molecule has 2 aromatic heterocycles. The summed E-state index contributed by atoms with van der Waals surface area (Å²) in [5.74, 6) is -0.549. The van der Waals surface area contributed by atoms with E-state index in [1.807, 2.05) is 0 Å². The minimum atomic E-state index is -1.07. The standard InChI is InChI=1S/C17H14FN3O3/c18-10-3-4-11(13(5-10)24-7-9-1-2-9)14-16-15(21-8-20-14)12(6-19-16)17(22)23/h3-6,8-9,19H,1-2,7H2,(H,22,23). The molecule has 0 spiro atoms. The van der Waals surface area contributed by atoms with Gasteiger partial charge in [0.25, 0.3) is 0 Å². The summed E-state index contributed by atoms with van der Waals surface area (Å²) < 4.78 is 19.4. The van der Waals surface area contributed by atoms with Crippen LogP contribution in [0.2, 0.25) is 0 Å². The van der Waals surface area contributed by atoms with Crippen LogP contribution in [-0.4, -0.2) is 32.6 Å². The molecular weight excluding hydrogens is 313 g/mol. The van der Waals surface area contributed by atoms with Crippen molar-refractivity contribution in [3.63, 3.8) is 0 Å². The second-order valence-corrected chi connectivity index (χ2v) is 5.85. The Morgan fingerprint density at radius 1 is 1.38 bits per heavy atom. The number of nitrogens with zero attached hydrogens (tertiary/aromatic N) is 2. The number of carbonyl (C=O) groups is 1. The lowest BCUT2D eigenvalue weighted by Crippen LogP contribution is -2.02. The van der Waals surface area contributed by atoms with E-state index in [1.54, 1.807) is 6.07 Å². The minimum Gasteiger partial charge on any atom is -0.492 e. The Morgan fingerprint density at radius 2 is 2.21 bits per heavy atom. The van der Waals surface area contributed by atoms with E-state index in [9.17, 15) is 14.3 Å². The van der Waals surface area contributed by atoms with Gasteiger partial charge in [-0.1, -0.05) is 0 Å². The molecule has 24 heavy (non-hydrogen) atoms. The fourth-order valence-corrected chi connectivity index (χ4v) is 2.61. The van der Waals surface area contributed by atoms with E-state index in [0.717, 1.165) is 12.8 Å². The van der Waals surface area contributed by atoms with Crippen molar-refractivity contribution in [2.24, 2.45) is 5.92 Å². The monoisotopic (exact) mass is 327 g/mol. The molecule has 122 valence electrons. The van der Waals surface area contributed by atoms with Crippen LogP contribution in [0.5, 0.6) is 5.75 Å². The van der Waals surface area contributed by atoms with Gasteiger partial charge in [-0.3, -0.25) is 0 Å². The molecule has 0 aliphatic heterocycles. The zero-order valence-corrected chi connectivity index (χ0v) is 12.6. The quantitative estimate of drug-likeness (QED) is 0.751. The highest BCUT2D eigenvalue weighted by atomic mass is 19.1. The second kappa shape index (κ2) is 5.59. The summed E-state index contributed by atoms with van der Waals surface area (Å²) >= 11 is 0. The average molecular weight is 327 g/mol. The number of carboxylic acids is 1. The lowest BCUT2D eigenvalue weighted by molar-refractivity contribution is 0.0699. The van der Waals surface area contributed by atoms with Gasteiger partial charge in [0.15, 0.2) is 0 Å². The molecule has 2 N–H and O–H groups in total. The third-order valence-electron chi connectivity index (χ3n) is 4.06. The predicted molar refractivity (Wildman–Crippen MR) is 84.5 cm³/mol. The lowest BCUT2D eigenvalue weighted by Gasteiger charge is -2.11. The first-order valence-corrected chi connectivity index (χ1v) is 7.61. The third-order valence-corrected chi connectivity index (χ3v) is 4.06. The number of fused-ring (bicyclic) bond motifs is 1. The summed E-state index contributed by atoms with van der Waals surface area (Å²) in [6, 6.07) is 4.24. The number of benzene rings is 1. The molecule has 6 nitrogen and oxygen atoms in total. The number of carboxylic acid groups (broad SMARTS) is 1. The van der Waals surface area contributed by atoms with E-state index in [4.69, 9.17) is 4.74 Å². The van der Waals surface area contributed by atoms with Crippen LogP contribution in [0.3, 0.4) is 0 Å². The van der Waals surface area contributed by atoms with Crippen molar-refractivity contribution >= 4 is 17.0 Å². The molecule has 4 rings (SSSR count). The van der Waals surface area contributed by atoms with Crippen molar-refractivity contribution in [2.45, 2.75) is 12.8 Å². The average Bonchev–Trinajstić information content (AvgIpc) is 3.29. The lowest BCUT2D eigenvalue weighted by atomic mass is 10.1. The highest BCUT2D eigenvalue weighted by molar-refractivity contribution is 6.04. The molecule has 1 aromatic carbocycles. The van der Waals surface area contributed by atoms with E-state index in [2.05, 4.69) is 15.0 Å². The molecule has 1 aliphatic carbocycles. The van der Waals surface area contributed by atoms with Crippen LogP contribution in [0, 0.1) is 11.7 Å². The Morgan fingerprint density at radius 3 is 2.96 bits per heavy atom. The van der Waals surface area contributed by atoms with Gasteiger partial charge in [-0.05, 0) is 30.9 Å². The van der Waals surface area contributed by atoms with Crippen molar-refractivity contribution < 1.29 is 19.0 Å². The summed E-state index contributed by atoms with van der Waals surface area (Å²) in [5.41, 5.74) is 1.94. The van der Waals surface area contributed by atoms with Crippen LogP contribution >= 0.6 is 0 Å². The number of nitrogens with one attached hydrogen (secondary N) is 1. The number of ether oxygens (including phenoxy) is 1. The largest absolute Gasteiger partial charge is 0.492 e. The maximum absolute atomic E-state index is 13.6. The van der Waals surface area contributed by atoms with Gasteiger partial charge < -0.3 is 14.8 Å². The molecule has 7 heteroatoms. The fourth-order valence-electron chi connectivity index (χ4n) is 2.61. The highest BCUT2D eigenvalue weighted by Crippen LogP contribution is 2.36. The molecule has 0 atom stereocenters. The van der Waals surface area contributed by atoms with Crippen LogP contribution in [0.15, 0.2) is 30.7 Å². The van der Waals surface area contributed by atoms with Gasteiger partial charge in [-0.2, -0.15) is 0 Å². The first kappa shape index (κ1) is 14.6. The number of hydrogen-bond acceptors (Lipinski definition) is 4. The fraction of sp³-hybridized carbons (Fsp3) is 0.235. The van der Waals surface area contributed by atoms with Crippen molar-refractivity contribution in [1.29, 1.82) is 0 Å². The normalized spacial score (nSPS) is 14.0. The van der Waals surface area contributed by atoms with Crippen LogP contribution in [0.4, 0.5) is 4.39 Å². The molecule has 0 bridgehead atoms. The van der Waals surface area contributed by atoms with Gasteiger partial charge >= 0.3 is 5.97 Å². The second-order valence-electron chi connectivity index (χ2n) is 5.85. The minimum absolute atomic E-state index is 0.0659. The molecular formula is C17H14FN3O3. The van der Waals surface area contributed by atoms with E-state index in [1.165, 1.54) is 24.7 Å². The van der Waals surface area contributed by atoms with Gasteiger partial charge in [-0.25, -0.2) is 19.2 Å². The molecule has 0 saturated heterocycles. The maximum Gasteiger partial charge on any atom is 0.339 e. The smallest absolute Gasteiger partial charge is 0.339 e. The summed E-state index contributed by atoms with van der Waals surface area (Å²) in [6.45, 7) is 0.537. The molecule has 1 saturated carbocycles. The number of rotatable bonds is 5. The van der Waals surface area contributed by atoms with Crippen molar-refractivity contribution in [2.75, 3.05) is 6.61 Å². The molecule has 0 amide bonds. The first-order chi connectivity index (χ1) is 11.6. The summed E-state index contributed by atoms with van der Waals surface area (Å²) in [4.78, 5) is 22.5. The SMILES string of the molecule is O=C(O)c1c[nH]c2c(-c3ccc(F)cc3OCC3CC3)ncnc12. The van der Waals surface area contributed by atoms with Crippen LogP contribution in [-0.2, 0) is 0 Å². The van der Waals surface area contributed by atoms with E-state index in [0.29, 0.717) is 40.6 Å². The van der Waals surface area contributed by atoms with Crippen LogP contribution in [0.1, 0.15) is 23.2 Å². The van der Waals surface area contributed by atoms with Gasteiger partial charge in [0.1, 0.15) is 34.7 Å². The maximum atomic E-state index is 13.6.